The van der Waals surface area contributed by atoms with E-state index in [4.69, 9.17) is 7.10 Å². The van der Waals surface area contributed by atoms with Crippen LogP contribution in [0.15, 0.2) is 0 Å². The number of carbonyl (C=O) groups excluding carboxylic acids is 6. The molecule has 0 aromatic carbocycles. The first-order chi connectivity index (χ1) is 16.5. The fraction of sp³-hybridized carbons (Fsp3) is 0.727. The number of unbranched alkanes of at least 4 members (excludes halogenated alkanes) is 2. The Bertz CT molecular complexity index is 796. The van der Waals surface area contributed by atoms with Gasteiger partial charge in [0.2, 0.25) is 23.6 Å². The zero-order chi connectivity index (χ0) is 26.5. The van der Waals surface area contributed by atoms with Gasteiger partial charge in [-0.15, -0.1) is 0 Å². The van der Waals surface area contributed by atoms with Gasteiger partial charge in [-0.05, 0) is 37.9 Å². The van der Waals surface area contributed by atoms with Crippen molar-refractivity contribution in [3.63, 3.8) is 0 Å². The van der Waals surface area contributed by atoms with Crippen molar-refractivity contribution in [3.8, 4) is 0 Å². The Balaban J connectivity index is 2.44. The summed E-state index contributed by atoms with van der Waals surface area (Å²) in [5.74, 6) is -1.45. The number of hydrogen-bond acceptors (Lipinski definition) is 7. The molecule has 0 spiro atoms. The minimum atomic E-state index is -1.06. The summed E-state index contributed by atoms with van der Waals surface area (Å²) in [5, 5.41) is 7.27. The first-order valence-electron chi connectivity index (χ1n) is 12.0. The summed E-state index contributed by atoms with van der Waals surface area (Å²) in [4.78, 5) is 72.7. The molecule has 1 unspecified atom stereocenters. The van der Waals surface area contributed by atoms with Crippen molar-refractivity contribution in [2.45, 2.75) is 76.1 Å². The van der Waals surface area contributed by atoms with Crippen LogP contribution in [0.1, 0.15) is 60.2 Å². The van der Waals surface area contributed by atoms with E-state index in [-0.39, 0.29) is 54.7 Å². The van der Waals surface area contributed by atoms with E-state index in [0.29, 0.717) is 32.2 Å². The molecule has 0 bridgehead atoms. The molecule has 192 valence electrons. The topological polar surface area (TPSA) is 168 Å². The van der Waals surface area contributed by atoms with E-state index in [9.17, 15) is 28.8 Å². The van der Waals surface area contributed by atoms with E-state index in [1.165, 1.54) is 16.7 Å². The molecule has 11 nitrogen and oxygen atoms in total. The lowest BCUT2D eigenvalue weighted by Gasteiger charge is -2.23. The Hall–Kier alpha value is -2.63. The van der Waals surface area contributed by atoms with Gasteiger partial charge in [0.1, 0.15) is 13.7 Å². The number of aldehydes is 1. The van der Waals surface area contributed by atoms with Crippen molar-refractivity contribution in [1.82, 2.24) is 20.9 Å². The van der Waals surface area contributed by atoms with Gasteiger partial charge in [-0.2, -0.15) is 11.8 Å². The molecular weight excluding hydrogens is 462 g/mol. The molecule has 6 amide bonds. The first-order valence-corrected chi connectivity index (χ1v) is 12.8. The summed E-state index contributed by atoms with van der Waals surface area (Å²) in [7, 11) is 0. The Kier molecular flexibility index (Phi) is 12.4. The van der Waals surface area contributed by atoms with Gasteiger partial charge in [0, 0.05) is 25.9 Å². The summed E-state index contributed by atoms with van der Waals surface area (Å²) in [6.07, 6.45) is 3.49. The van der Waals surface area contributed by atoms with Gasteiger partial charge >= 0.3 is 6.03 Å². The van der Waals surface area contributed by atoms with Crippen LogP contribution in [0.2, 0.25) is 0 Å². The molecule has 1 saturated heterocycles. The maximum atomic E-state index is 12.7. The lowest BCUT2D eigenvalue weighted by molar-refractivity contribution is -0.138. The van der Waals surface area contributed by atoms with E-state index in [0.717, 1.165) is 0 Å². The van der Waals surface area contributed by atoms with Crippen molar-refractivity contribution in [3.05, 3.63) is 0 Å². The summed E-state index contributed by atoms with van der Waals surface area (Å²) in [6, 6.07) is -2.64. The number of amides is 6. The molecule has 0 saturated carbocycles. The van der Waals surface area contributed by atoms with Gasteiger partial charge in [-0.1, -0.05) is 20.3 Å². The fourth-order valence-electron chi connectivity index (χ4n) is 3.52. The van der Waals surface area contributed by atoms with E-state index in [2.05, 4.69) is 16.0 Å². The maximum absolute atomic E-state index is 12.7. The van der Waals surface area contributed by atoms with E-state index >= 15 is 0 Å². The van der Waals surface area contributed by atoms with Crippen molar-refractivity contribution in [1.29, 1.82) is 0 Å². The van der Waals surface area contributed by atoms with Crippen LogP contribution in [-0.2, 0) is 24.0 Å². The minimum absolute atomic E-state index is 0.146. The third-order valence-electron chi connectivity index (χ3n) is 5.47. The molecule has 0 radical (unpaired) electrons. The van der Waals surface area contributed by atoms with Crippen molar-refractivity contribution in [2.24, 2.45) is 11.7 Å². The van der Waals surface area contributed by atoms with Crippen LogP contribution in [0.5, 0.6) is 0 Å². The number of carbonyl (C=O) groups is 6. The minimum Gasteiger partial charge on any atom is -0.352 e. The molecule has 1 aliphatic rings. The molecule has 34 heavy (non-hydrogen) atoms. The molecule has 5 N–H and O–H groups in total. The monoisotopic (exact) mass is 500 g/mol. The molecule has 0 aromatic heterocycles. The van der Waals surface area contributed by atoms with E-state index in [1.54, 1.807) is 20.1 Å². The molecule has 1 heterocycles. The normalized spacial score (nSPS) is 17.8. The summed E-state index contributed by atoms with van der Waals surface area (Å²) in [6.45, 7) is 4.05. The van der Waals surface area contributed by atoms with Gasteiger partial charge in [0.05, 0.1) is 11.3 Å². The predicted octanol–water partition coefficient (Wildman–Crippen LogP) is 0.310. The summed E-state index contributed by atoms with van der Waals surface area (Å²) in [5.41, 5.74) is 4.98. The average Bonchev–Trinajstić information content (AvgIpc) is 3.05. The van der Waals surface area contributed by atoms with Crippen LogP contribution in [-0.4, -0.2) is 77.5 Å². The number of thioether (sulfide) groups is 1. The largest absolute Gasteiger partial charge is 0.352 e. The molecular formula is C22H37N5O6S. The van der Waals surface area contributed by atoms with Crippen LogP contribution in [0, 0.1) is 5.92 Å². The number of primary amides is 1. The summed E-state index contributed by atoms with van der Waals surface area (Å²) < 4.78 is 7.38. The molecule has 1 fully saturated rings. The molecule has 1 aliphatic heterocycles. The predicted molar refractivity (Wildman–Crippen MR) is 129 cm³/mol. The third kappa shape index (κ3) is 10.1. The van der Waals surface area contributed by atoms with E-state index < -0.39 is 30.3 Å². The first kappa shape index (κ1) is 27.6. The second-order valence-electron chi connectivity index (χ2n) is 8.52. The SMILES string of the molecule is [2H]C(=O)[C@H](CCCNC(N)=O)NC(=O)[C@@H](NC(=O)CCCCCN1C(=O)CC(SC)C1=O)C(C)C. The van der Waals surface area contributed by atoms with E-state index in [1.807, 2.05) is 0 Å². The number of rotatable bonds is 16. The van der Waals surface area contributed by atoms with Crippen LogP contribution in [0.3, 0.4) is 0 Å². The highest BCUT2D eigenvalue weighted by Gasteiger charge is 2.37. The van der Waals surface area contributed by atoms with Gasteiger partial charge < -0.3 is 26.5 Å². The third-order valence-corrected chi connectivity index (χ3v) is 6.40. The molecule has 12 heteroatoms. The molecule has 0 aromatic rings. The lowest BCUT2D eigenvalue weighted by Crippen LogP contribution is -2.52. The summed E-state index contributed by atoms with van der Waals surface area (Å²) >= 11 is 1.37. The average molecular weight is 501 g/mol. The van der Waals surface area contributed by atoms with Crippen molar-refractivity contribution >= 4 is 47.7 Å². The zero-order valence-electron chi connectivity index (χ0n) is 21.1. The van der Waals surface area contributed by atoms with Crippen molar-refractivity contribution in [2.75, 3.05) is 19.3 Å². The van der Waals surface area contributed by atoms with Crippen LogP contribution in [0.25, 0.3) is 0 Å². The Morgan fingerprint density at radius 2 is 1.91 bits per heavy atom. The Morgan fingerprint density at radius 1 is 1.21 bits per heavy atom. The van der Waals surface area contributed by atoms with Gasteiger partial charge in [-0.3, -0.25) is 24.1 Å². The van der Waals surface area contributed by atoms with Gasteiger partial charge in [0.25, 0.3) is 0 Å². The van der Waals surface area contributed by atoms with Gasteiger partial charge in [-0.25, -0.2) is 4.79 Å². The number of imide groups is 1. The molecule has 0 aliphatic carbocycles. The number of nitrogens with zero attached hydrogens (tertiary/aromatic N) is 1. The fourth-order valence-corrected chi connectivity index (χ4v) is 4.16. The van der Waals surface area contributed by atoms with Gasteiger partial charge in [0.15, 0.2) is 0 Å². The Labute approximate surface area is 206 Å². The number of urea groups is 1. The number of hydrogen-bond donors (Lipinski definition) is 4. The number of likely N-dealkylation sites (tertiary alicyclic amines) is 1. The van der Waals surface area contributed by atoms with Crippen LogP contribution >= 0.6 is 11.8 Å². The molecule has 1 rings (SSSR count). The number of nitrogens with two attached hydrogens (primary N) is 1. The van der Waals surface area contributed by atoms with Crippen LogP contribution in [0.4, 0.5) is 4.79 Å². The quantitative estimate of drug-likeness (QED) is 0.134. The second kappa shape index (κ2) is 15.3. The highest BCUT2D eigenvalue weighted by atomic mass is 32.2. The number of nitrogens with one attached hydrogen (secondary N) is 3. The van der Waals surface area contributed by atoms with Crippen molar-refractivity contribution < 1.29 is 30.1 Å². The molecule has 3 atom stereocenters. The standard InChI is InChI=1S/C22H37N5O6S/c1-14(2)19(20(31)25-15(13-28)8-7-10-24-22(23)33)26-17(29)9-5-4-6-11-27-18(30)12-16(34-3)21(27)32/h13-16,19H,4-12H2,1-3H3,(H,25,31)(H,26,29)(H3,23,24,33)/t15-,16?,19-/m0/s1/i13D. The smallest absolute Gasteiger partial charge is 0.312 e. The Morgan fingerprint density at radius 3 is 2.47 bits per heavy atom. The second-order valence-corrected chi connectivity index (χ2v) is 9.56. The lowest BCUT2D eigenvalue weighted by atomic mass is 10.0. The zero-order valence-corrected chi connectivity index (χ0v) is 20.9. The highest BCUT2D eigenvalue weighted by molar-refractivity contribution is 8.00. The maximum Gasteiger partial charge on any atom is 0.312 e. The highest BCUT2D eigenvalue weighted by Crippen LogP contribution is 2.23. The van der Waals surface area contributed by atoms with Crippen LogP contribution < -0.4 is 21.7 Å².